The maximum atomic E-state index is 11.8. The molecule has 0 atom stereocenters. The van der Waals surface area contributed by atoms with Gasteiger partial charge in [-0.2, -0.15) is 0 Å². The van der Waals surface area contributed by atoms with E-state index in [9.17, 15) is 4.39 Å². The summed E-state index contributed by atoms with van der Waals surface area (Å²) in [7, 11) is 0. The normalized spacial score (nSPS) is 9.69. The van der Waals surface area contributed by atoms with Crippen LogP contribution in [0, 0.1) is 0 Å². The lowest BCUT2D eigenvalue weighted by Gasteiger charge is -2.05. The highest BCUT2D eigenvalue weighted by atomic mass is 19.1. The van der Waals surface area contributed by atoms with Crippen LogP contribution in [0.4, 0.5) is 16.0 Å². The minimum atomic E-state index is -0.382. The summed E-state index contributed by atoms with van der Waals surface area (Å²) in [5.74, 6) is 1.52. The molecule has 0 aliphatic heterocycles. The van der Waals surface area contributed by atoms with Gasteiger partial charge in [-0.3, -0.25) is 0 Å². The zero-order valence-corrected chi connectivity index (χ0v) is 7.68. The summed E-state index contributed by atoms with van der Waals surface area (Å²) in [6.45, 7) is 2.76. The third-order valence-corrected chi connectivity index (χ3v) is 1.51. The molecule has 0 fully saturated rings. The molecule has 1 heterocycles. The second-order valence-corrected chi connectivity index (χ2v) is 2.55. The first-order chi connectivity index (χ1) is 6.36. The fourth-order valence-electron chi connectivity index (χ4n) is 0.988. The molecule has 4 heteroatoms. The molecule has 0 aromatic carbocycles. The molecule has 13 heavy (non-hydrogen) atoms. The highest BCUT2D eigenvalue weighted by Crippen LogP contribution is 2.08. The monoisotopic (exact) mass is 183 g/mol. The van der Waals surface area contributed by atoms with Gasteiger partial charge in [0.15, 0.2) is 0 Å². The Morgan fingerprint density at radius 1 is 1.31 bits per heavy atom. The molecule has 0 aliphatic rings. The van der Waals surface area contributed by atoms with Gasteiger partial charge < -0.3 is 10.6 Å². The Labute approximate surface area is 77.4 Å². The van der Waals surface area contributed by atoms with Crippen LogP contribution in [-0.2, 0) is 0 Å². The number of halogens is 1. The summed E-state index contributed by atoms with van der Waals surface area (Å²) >= 11 is 0. The van der Waals surface area contributed by atoms with Crippen LogP contribution in [0.3, 0.4) is 0 Å². The Morgan fingerprint density at radius 2 is 2.00 bits per heavy atom. The second kappa shape index (κ2) is 5.35. The van der Waals surface area contributed by atoms with E-state index in [0.29, 0.717) is 12.4 Å². The number of hydrogen-bond acceptors (Lipinski definition) is 3. The van der Waals surface area contributed by atoms with Crippen LogP contribution >= 0.6 is 0 Å². The molecule has 0 radical (unpaired) electrons. The Hall–Kier alpha value is -1.32. The van der Waals surface area contributed by atoms with E-state index in [-0.39, 0.29) is 6.67 Å². The Balaban J connectivity index is 2.56. The van der Waals surface area contributed by atoms with Crippen LogP contribution in [0.5, 0.6) is 0 Å². The van der Waals surface area contributed by atoms with Gasteiger partial charge in [0.2, 0.25) is 0 Å². The lowest BCUT2D eigenvalue weighted by atomic mass is 10.4. The maximum absolute atomic E-state index is 11.8. The number of rotatable bonds is 5. The van der Waals surface area contributed by atoms with Crippen LogP contribution in [0.2, 0.25) is 0 Å². The average Bonchev–Trinajstić information content (AvgIpc) is 2.16. The van der Waals surface area contributed by atoms with E-state index in [1.807, 2.05) is 25.1 Å². The molecular weight excluding hydrogens is 169 g/mol. The summed E-state index contributed by atoms with van der Waals surface area (Å²) in [5.41, 5.74) is 0. The smallest absolute Gasteiger partial charge is 0.128 e. The molecule has 0 saturated heterocycles. The third kappa shape index (κ3) is 3.27. The van der Waals surface area contributed by atoms with Gasteiger partial charge >= 0.3 is 0 Å². The summed E-state index contributed by atoms with van der Waals surface area (Å²) in [5, 5.41) is 5.95. The van der Waals surface area contributed by atoms with Gasteiger partial charge in [-0.15, -0.1) is 0 Å². The van der Waals surface area contributed by atoms with Gasteiger partial charge in [0.05, 0.1) is 0 Å². The van der Waals surface area contributed by atoms with Crippen LogP contribution in [0.25, 0.3) is 0 Å². The van der Waals surface area contributed by atoms with Crippen molar-refractivity contribution in [1.29, 1.82) is 0 Å². The number of nitrogens with one attached hydrogen (secondary N) is 2. The molecule has 0 aliphatic carbocycles. The van der Waals surface area contributed by atoms with Crippen molar-refractivity contribution in [2.24, 2.45) is 0 Å². The van der Waals surface area contributed by atoms with E-state index < -0.39 is 0 Å². The molecular formula is C9H14FN3. The van der Waals surface area contributed by atoms with E-state index in [0.717, 1.165) is 12.4 Å². The van der Waals surface area contributed by atoms with E-state index >= 15 is 0 Å². The lowest BCUT2D eigenvalue weighted by molar-refractivity contribution is 0.512. The minimum Gasteiger partial charge on any atom is -0.370 e. The molecule has 0 amide bonds. The standard InChI is InChI=1S/C9H14FN3/c1-2-11-8-4-3-5-9(13-8)12-7-6-10/h3-5H,2,6-7H2,1H3,(H2,11,12,13). The molecule has 1 aromatic heterocycles. The zero-order valence-electron chi connectivity index (χ0n) is 7.68. The van der Waals surface area contributed by atoms with Gasteiger partial charge in [0, 0.05) is 13.1 Å². The lowest BCUT2D eigenvalue weighted by Crippen LogP contribution is -2.06. The Bertz CT molecular complexity index is 252. The van der Waals surface area contributed by atoms with Crippen LogP contribution < -0.4 is 10.6 Å². The predicted molar refractivity (Wildman–Crippen MR) is 52.9 cm³/mol. The Kier molecular flexibility index (Phi) is 4.02. The van der Waals surface area contributed by atoms with Crippen molar-refractivity contribution in [3.8, 4) is 0 Å². The molecule has 1 aromatic rings. The van der Waals surface area contributed by atoms with Crippen LogP contribution in [-0.4, -0.2) is 24.7 Å². The molecule has 72 valence electrons. The van der Waals surface area contributed by atoms with Gasteiger partial charge in [-0.1, -0.05) is 6.07 Å². The molecule has 0 spiro atoms. The van der Waals surface area contributed by atoms with E-state index in [4.69, 9.17) is 0 Å². The third-order valence-electron chi connectivity index (χ3n) is 1.51. The number of nitrogens with zero attached hydrogens (tertiary/aromatic N) is 1. The van der Waals surface area contributed by atoms with E-state index in [1.165, 1.54) is 0 Å². The molecule has 0 bridgehead atoms. The van der Waals surface area contributed by atoms with Crippen molar-refractivity contribution in [1.82, 2.24) is 4.98 Å². The zero-order chi connectivity index (χ0) is 9.52. The van der Waals surface area contributed by atoms with Crippen molar-refractivity contribution in [2.45, 2.75) is 6.92 Å². The van der Waals surface area contributed by atoms with Crippen molar-refractivity contribution in [3.63, 3.8) is 0 Å². The summed E-state index contributed by atoms with van der Waals surface area (Å²) < 4.78 is 11.8. The quantitative estimate of drug-likeness (QED) is 0.732. The molecule has 3 nitrogen and oxygen atoms in total. The topological polar surface area (TPSA) is 37.0 Å². The van der Waals surface area contributed by atoms with Gasteiger partial charge in [-0.25, -0.2) is 9.37 Å². The second-order valence-electron chi connectivity index (χ2n) is 2.55. The summed E-state index contributed by atoms with van der Waals surface area (Å²) in [4.78, 5) is 4.21. The molecule has 0 unspecified atom stereocenters. The van der Waals surface area contributed by atoms with Gasteiger partial charge in [0.25, 0.3) is 0 Å². The number of aromatic nitrogens is 1. The SMILES string of the molecule is CCNc1cccc(NCCF)n1. The van der Waals surface area contributed by atoms with E-state index in [2.05, 4.69) is 15.6 Å². The van der Waals surface area contributed by atoms with Gasteiger partial charge in [0.1, 0.15) is 18.3 Å². The summed E-state index contributed by atoms with van der Waals surface area (Å²) in [6.07, 6.45) is 0. The molecule has 0 saturated carbocycles. The average molecular weight is 183 g/mol. The first-order valence-electron chi connectivity index (χ1n) is 4.37. The largest absolute Gasteiger partial charge is 0.370 e. The molecule has 2 N–H and O–H groups in total. The number of alkyl halides is 1. The highest BCUT2D eigenvalue weighted by molar-refractivity contribution is 5.44. The van der Waals surface area contributed by atoms with Crippen molar-refractivity contribution >= 4 is 11.6 Å². The number of hydrogen-bond donors (Lipinski definition) is 2. The maximum Gasteiger partial charge on any atom is 0.128 e. The number of anilines is 2. The predicted octanol–water partition coefficient (Wildman–Crippen LogP) is 1.89. The highest BCUT2D eigenvalue weighted by Gasteiger charge is 1.94. The minimum absolute atomic E-state index is 0.308. The van der Waals surface area contributed by atoms with Crippen LogP contribution in [0.1, 0.15) is 6.92 Å². The number of pyridine rings is 1. The van der Waals surface area contributed by atoms with Crippen molar-refractivity contribution < 1.29 is 4.39 Å². The van der Waals surface area contributed by atoms with Gasteiger partial charge in [-0.05, 0) is 19.1 Å². The fraction of sp³-hybridized carbons (Fsp3) is 0.444. The first-order valence-corrected chi connectivity index (χ1v) is 4.37. The van der Waals surface area contributed by atoms with Crippen LogP contribution in [0.15, 0.2) is 18.2 Å². The Morgan fingerprint density at radius 3 is 2.62 bits per heavy atom. The van der Waals surface area contributed by atoms with E-state index in [1.54, 1.807) is 0 Å². The molecule has 1 rings (SSSR count). The fourth-order valence-corrected chi connectivity index (χ4v) is 0.988. The first kappa shape index (κ1) is 9.77. The van der Waals surface area contributed by atoms with Crippen molar-refractivity contribution in [2.75, 3.05) is 30.4 Å². The van der Waals surface area contributed by atoms with Crippen molar-refractivity contribution in [3.05, 3.63) is 18.2 Å². The summed E-state index contributed by atoms with van der Waals surface area (Å²) in [6, 6.07) is 5.58.